The topological polar surface area (TPSA) is 49.4 Å². The first-order chi connectivity index (χ1) is 9.86. The molecule has 21 heavy (non-hydrogen) atoms. The second kappa shape index (κ2) is 5.88. The van der Waals surface area contributed by atoms with Crippen molar-refractivity contribution in [2.24, 2.45) is 0 Å². The molecule has 1 aliphatic heterocycles. The number of nitrogens with zero attached hydrogens (tertiary/aromatic N) is 1. The van der Waals surface area contributed by atoms with Gasteiger partial charge in [-0.2, -0.15) is 0 Å². The fraction of sp³-hybridized carbons (Fsp3) is 0.529. The Labute approximate surface area is 126 Å². The largest absolute Gasteiger partial charge is 0.340 e. The lowest BCUT2D eigenvalue weighted by molar-refractivity contribution is -0.136. The molecule has 0 spiro atoms. The minimum absolute atomic E-state index is 0.0732. The molecule has 0 radical (unpaired) electrons. The highest BCUT2D eigenvalue weighted by Gasteiger charge is 2.43. The molecular formula is C17H24N2O2. The number of nitrogens with one attached hydrogen (secondary N) is 1. The van der Waals surface area contributed by atoms with Crippen molar-refractivity contribution in [3.05, 3.63) is 29.8 Å². The van der Waals surface area contributed by atoms with Crippen LogP contribution in [0.15, 0.2) is 24.3 Å². The summed E-state index contributed by atoms with van der Waals surface area (Å²) in [5, 5.41) is 2.76. The van der Waals surface area contributed by atoms with E-state index in [1.807, 2.05) is 24.3 Å². The lowest BCUT2D eigenvalue weighted by Gasteiger charge is -2.41. The molecular weight excluding hydrogens is 264 g/mol. The summed E-state index contributed by atoms with van der Waals surface area (Å²) in [5.41, 5.74) is 1.20. The molecule has 1 aromatic rings. The van der Waals surface area contributed by atoms with E-state index in [2.05, 4.69) is 12.2 Å². The fourth-order valence-electron chi connectivity index (χ4n) is 2.61. The number of aryl methyl sites for hydroxylation is 1. The Morgan fingerprint density at radius 3 is 2.38 bits per heavy atom. The van der Waals surface area contributed by atoms with E-state index in [-0.39, 0.29) is 11.8 Å². The zero-order chi connectivity index (χ0) is 15.6. The van der Waals surface area contributed by atoms with Gasteiger partial charge in [0.05, 0.1) is 0 Å². The SMILES string of the molecule is CCCCc1ccc(N2C(=O)C(C)(C)NC(=O)C2C)cc1. The molecule has 1 atom stereocenters. The number of hydrogen-bond donors (Lipinski definition) is 1. The highest BCUT2D eigenvalue weighted by atomic mass is 16.2. The predicted octanol–water partition coefficient (Wildman–Crippen LogP) is 2.66. The monoisotopic (exact) mass is 288 g/mol. The molecule has 1 fully saturated rings. The van der Waals surface area contributed by atoms with Crippen molar-refractivity contribution in [2.75, 3.05) is 4.90 Å². The van der Waals surface area contributed by atoms with E-state index in [1.54, 1.807) is 25.7 Å². The van der Waals surface area contributed by atoms with Gasteiger partial charge >= 0.3 is 0 Å². The normalized spacial score (nSPS) is 21.3. The Morgan fingerprint density at radius 2 is 1.81 bits per heavy atom. The molecule has 0 bridgehead atoms. The van der Waals surface area contributed by atoms with Crippen LogP contribution in [-0.4, -0.2) is 23.4 Å². The Hall–Kier alpha value is -1.84. The van der Waals surface area contributed by atoms with Gasteiger partial charge in [0.25, 0.3) is 5.91 Å². The van der Waals surface area contributed by atoms with Gasteiger partial charge in [0, 0.05) is 5.69 Å². The molecule has 4 heteroatoms. The molecule has 1 saturated heterocycles. The zero-order valence-electron chi connectivity index (χ0n) is 13.3. The molecule has 0 aliphatic carbocycles. The zero-order valence-corrected chi connectivity index (χ0v) is 13.3. The van der Waals surface area contributed by atoms with Crippen molar-refractivity contribution in [3.8, 4) is 0 Å². The number of carbonyl (C=O) groups excluding carboxylic acids is 2. The van der Waals surface area contributed by atoms with Gasteiger partial charge in [0.15, 0.2) is 0 Å². The van der Waals surface area contributed by atoms with Crippen molar-refractivity contribution in [2.45, 2.75) is 58.5 Å². The van der Waals surface area contributed by atoms with Gasteiger partial charge in [-0.05, 0) is 51.3 Å². The Morgan fingerprint density at radius 1 is 1.19 bits per heavy atom. The number of amides is 2. The Bertz CT molecular complexity index is 534. The molecule has 0 aromatic heterocycles. The quantitative estimate of drug-likeness (QED) is 0.926. The van der Waals surface area contributed by atoms with Crippen LogP contribution in [0, 0.1) is 0 Å². The number of rotatable bonds is 4. The smallest absolute Gasteiger partial charge is 0.252 e. The van der Waals surface area contributed by atoms with E-state index in [1.165, 1.54) is 5.56 Å². The molecule has 114 valence electrons. The molecule has 1 unspecified atom stereocenters. The maximum Gasteiger partial charge on any atom is 0.252 e. The molecule has 1 aromatic carbocycles. The number of unbranched alkanes of at least 4 members (excludes halogenated alkanes) is 1. The van der Waals surface area contributed by atoms with E-state index in [9.17, 15) is 9.59 Å². The number of hydrogen-bond acceptors (Lipinski definition) is 2. The van der Waals surface area contributed by atoms with E-state index < -0.39 is 11.6 Å². The van der Waals surface area contributed by atoms with Crippen LogP contribution in [0.2, 0.25) is 0 Å². The van der Waals surface area contributed by atoms with E-state index in [4.69, 9.17) is 0 Å². The second-order valence-electron chi connectivity index (χ2n) is 6.24. The average molecular weight is 288 g/mol. The maximum atomic E-state index is 12.6. The lowest BCUT2D eigenvalue weighted by atomic mass is 9.96. The first-order valence-corrected chi connectivity index (χ1v) is 7.61. The summed E-state index contributed by atoms with van der Waals surface area (Å²) >= 11 is 0. The number of carbonyl (C=O) groups is 2. The first kappa shape index (κ1) is 15.5. The van der Waals surface area contributed by atoms with Crippen LogP contribution in [0.3, 0.4) is 0 Å². The van der Waals surface area contributed by atoms with Crippen molar-refractivity contribution in [3.63, 3.8) is 0 Å². The highest BCUT2D eigenvalue weighted by molar-refractivity contribution is 6.10. The standard InChI is InChI=1S/C17H24N2O2/c1-5-6-7-13-8-10-14(11-9-13)19-12(2)15(20)18-17(3,4)16(19)21/h8-12H,5-7H2,1-4H3,(H,18,20). The van der Waals surface area contributed by atoms with Crippen molar-refractivity contribution in [1.82, 2.24) is 5.32 Å². The predicted molar refractivity (Wildman–Crippen MR) is 84.2 cm³/mol. The van der Waals surface area contributed by atoms with E-state index in [0.29, 0.717) is 0 Å². The summed E-state index contributed by atoms with van der Waals surface area (Å²) in [6.45, 7) is 7.40. The van der Waals surface area contributed by atoms with Gasteiger partial charge in [0.1, 0.15) is 11.6 Å². The average Bonchev–Trinajstić information content (AvgIpc) is 2.44. The van der Waals surface area contributed by atoms with Crippen LogP contribution < -0.4 is 10.2 Å². The molecule has 2 amide bonds. The number of anilines is 1. The summed E-state index contributed by atoms with van der Waals surface area (Å²) in [7, 11) is 0. The van der Waals surface area contributed by atoms with Crippen LogP contribution >= 0.6 is 0 Å². The Kier molecular flexibility index (Phi) is 4.35. The number of benzene rings is 1. The summed E-state index contributed by atoms with van der Waals surface area (Å²) in [5.74, 6) is -0.189. The van der Waals surface area contributed by atoms with Gasteiger partial charge in [0.2, 0.25) is 5.91 Å². The fourth-order valence-corrected chi connectivity index (χ4v) is 2.61. The van der Waals surface area contributed by atoms with Gasteiger partial charge in [-0.15, -0.1) is 0 Å². The first-order valence-electron chi connectivity index (χ1n) is 7.61. The van der Waals surface area contributed by atoms with Crippen LogP contribution in [0.25, 0.3) is 0 Å². The van der Waals surface area contributed by atoms with Crippen molar-refractivity contribution < 1.29 is 9.59 Å². The minimum atomic E-state index is -0.857. The third-order valence-electron chi connectivity index (χ3n) is 3.99. The van der Waals surface area contributed by atoms with Gasteiger partial charge < -0.3 is 5.32 Å². The van der Waals surface area contributed by atoms with E-state index >= 15 is 0 Å². The van der Waals surface area contributed by atoms with Gasteiger partial charge in [-0.1, -0.05) is 25.5 Å². The summed E-state index contributed by atoms with van der Waals surface area (Å²) in [4.78, 5) is 26.2. The summed E-state index contributed by atoms with van der Waals surface area (Å²) < 4.78 is 0. The molecule has 1 N–H and O–H groups in total. The summed E-state index contributed by atoms with van der Waals surface area (Å²) in [6, 6.07) is 7.49. The van der Waals surface area contributed by atoms with Crippen LogP contribution in [0.1, 0.15) is 46.1 Å². The highest BCUT2D eigenvalue weighted by Crippen LogP contribution is 2.25. The minimum Gasteiger partial charge on any atom is -0.340 e. The molecule has 1 aliphatic rings. The van der Waals surface area contributed by atoms with Crippen molar-refractivity contribution in [1.29, 1.82) is 0 Å². The van der Waals surface area contributed by atoms with Gasteiger partial charge in [-0.25, -0.2) is 0 Å². The lowest BCUT2D eigenvalue weighted by Crippen LogP contribution is -2.67. The molecule has 0 saturated carbocycles. The summed E-state index contributed by atoms with van der Waals surface area (Å²) in [6.07, 6.45) is 3.37. The van der Waals surface area contributed by atoms with Crippen LogP contribution in [0.4, 0.5) is 5.69 Å². The Balaban J connectivity index is 2.26. The van der Waals surface area contributed by atoms with Crippen molar-refractivity contribution >= 4 is 17.5 Å². The van der Waals surface area contributed by atoms with E-state index in [0.717, 1.165) is 24.9 Å². The third kappa shape index (κ3) is 3.09. The maximum absolute atomic E-state index is 12.6. The van der Waals surface area contributed by atoms with Crippen LogP contribution in [-0.2, 0) is 16.0 Å². The van der Waals surface area contributed by atoms with Crippen LogP contribution in [0.5, 0.6) is 0 Å². The van der Waals surface area contributed by atoms with Gasteiger partial charge in [-0.3, -0.25) is 14.5 Å². The molecule has 1 heterocycles. The third-order valence-corrected chi connectivity index (χ3v) is 3.99. The second-order valence-corrected chi connectivity index (χ2v) is 6.24. The number of piperazine rings is 1. The molecule has 2 rings (SSSR count). The molecule has 4 nitrogen and oxygen atoms in total.